The Hall–Kier alpha value is -2.86. The molecule has 0 radical (unpaired) electrons. The van der Waals surface area contributed by atoms with Gasteiger partial charge in [0.1, 0.15) is 0 Å². The summed E-state index contributed by atoms with van der Waals surface area (Å²) in [6.07, 6.45) is -3.20. The Morgan fingerprint density at radius 3 is 2.43 bits per heavy atom. The molecule has 0 aliphatic carbocycles. The molecule has 1 aromatic carbocycles. The summed E-state index contributed by atoms with van der Waals surface area (Å²) >= 11 is 0. The van der Waals surface area contributed by atoms with E-state index >= 15 is 0 Å². The lowest BCUT2D eigenvalue weighted by Crippen LogP contribution is -2.35. The smallest absolute Gasteiger partial charge is 0.435 e. The van der Waals surface area contributed by atoms with Gasteiger partial charge < -0.3 is 9.64 Å². The first kappa shape index (κ1) is 21.8. The number of nitrogens with two attached hydrogens (primary N) is 1. The predicted molar refractivity (Wildman–Crippen MR) is 101 cm³/mol. The molecule has 8 nitrogen and oxygen atoms in total. The van der Waals surface area contributed by atoms with Gasteiger partial charge in [-0.2, -0.15) is 18.3 Å². The molecule has 2 aromatic rings. The molecule has 0 spiro atoms. The van der Waals surface area contributed by atoms with Crippen LogP contribution in [0.1, 0.15) is 24.7 Å². The molecule has 0 saturated carbocycles. The Morgan fingerprint density at radius 1 is 1.27 bits per heavy atom. The van der Waals surface area contributed by atoms with Crippen LogP contribution in [0.5, 0.6) is 0 Å². The van der Waals surface area contributed by atoms with Crippen LogP contribution < -0.4 is 5.14 Å². The van der Waals surface area contributed by atoms with E-state index in [1.807, 2.05) is 0 Å². The van der Waals surface area contributed by atoms with Gasteiger partial charge in [-0.25, -0.2) is 23.0 Å². The fourth-order valence-corrected chi connectivity index (χ4v) is 3.52. The molecule has 0 fully saturated rings. The van der Waals surface area contributed by atoms with Crippen LogP contribution >= 0.6 is 0 Å². The van der Waals surface area contributed by atoms with E-state index in [9.17, 15) is 26.4 Å². The highest BCUT2D eigenvalue weighted by atomic mass is 32.2. The van der Waals surface area contributed by atoms with Crippen LogP contribution in [-0.4, -0.2) is 48.9 Å². The zero-order valence-electron chi connectivity index (χ0n) is 15.9. The first-order valence-electron chi connectivity index (χ1n) is 8.92. The predicted octanol–water partition coefficient (Wildman–Crippen LogP) is 2.78. The summed E-state index contributed by atoms with van der Waals surface area (Å²) in [5.41, 5.74) is -0.0633. The highest BCUT2D eigenvalue weighted by Gasteiger charge is 2.36. The number of nitrogens with zero attached hydrogens (tertiary/aromatic N) is 3. The summed E-state index contributed by atoms with van der Waals surface area (Å²) in [6, 6.07) is 5.97. The van der Waals surface area contributed by atoms with Crippen LogP contribution in [0.15, 0.2) is 41.3 Å². The molecule has 3 rings (SSSR count). The third-order valence-electron chi connectivity index (χ3n) is 4.47. The molecule has 2 heterocycles. The zero-order chi connectivity index (χ0) is 22.1. The van der Waals surface area contributed by atoms with Crippen molar-refractivity contribution in [2.75, 3.05) is 19.7 Å². The number of benzene rings is 1. The van der Waals surface area contributed by atoms with Crippen molar-refractivity contribution >= 4 is 21.7 Å². The van der Waals surface area contributed by atoms with Crippen molar-refractivity contribution in [3.05, 3.63) is 47.8 Å². The van der Waals surface area contributed by atoms with Crippen molar-refractivity contribution in [1.82, 2.24) is 14.7 Å². The van der Waals surface area contributed by atoms with Crippen LogP contribution in [0.2, 0.25) is 0 Å². The van der Waals surface area contributed by atoms with Crippen molar-refractivity contribution in [3.8, 4) is 5.69 Å². The number of carbonyl (C=O) groups is 1. The Morgan fingerprint density at radius 2 is 1.93 bits per heavy atom. The monoisotopic (exact) mass is 444 g/mol. The van der Waals surface area contributed by atoms with Gasteiger partial charge in [-0.1, -0.05) is 6.08 Å². The normalized spacial score (nSPS) is 15.1. The van der Waals surface area contributed by atoms with E-state index in [4.69, 9.17) is 9.88 Å². The average Bonchev–Trinajstić information content (AvgIpc) is 3.14. The summed E-state index contributed by atoms with van der Waals surface area (Å²) in [7, 11) is -3.94. The number of halogens is 3. The van der Waals surface area contributed by atoms with Gasteiger partial charge in [-0.15, -0.1) is 0 Å². The Bertz CT molecular complexity index is 1080. The fourth-order valence-electron chi connectivity index (χ4n) is 3.00. The minimum absolute atomic E-state index is 0.169. The van der Waals surface area contributed by atoms with Gasteiger partial charge in [0.05, 0.1) is 22.9 Å². The molecule has 0 atom stereocenters. The van der Waals surface area contributed by atoms with Gasteiger partial charge in [0.2, 0.25) is 10.0 Å². The molecule has 1 aliphatic rings. The molecule has 0 bridgehead atoms. The van der Waals surface area contributed by atoms with Crippen molar-refractivity contribution in [3.63, 3.8) is 0 Å². The zero-order valence-corrected chi connectivity index (χ0v) is 16.7. The first-order chi connectivity index (χ1) is 14.0. The number of primary sulfonamides is 1. The minimum Gasteiger partial charge on any atom is -0.450 e. The lowest BCUT2D eigenvalue weighted by molar-refractivity contribution is -0.141. The largest absolute Gasteiger partial charge is 0.450 e. The number of rotatable bonds is 4. The van der Waals surface area contributed by atoms with Gasteiger partial charge in [0, 0.05) is 13.1 Å². The van der Waals surface area contributed by atoms with E-state index in [2.05, 4.69) is 5.10 Å². The highest BCUT2D eigenvalue weighted by molar-refractivity contribution is 7.89. The second-order valence-electron chi connectivity index (χ2n) is 6.49. The number of carbonyl (C=O) groups excluding carboxylic acids is 1. The van der Waals surface area contributed by atoms with Crippen molar-refractivity contribution in [1.29, 1.82) is 0 Å². The van der Waals surface area contributed by atoms with Crippen LogP contribution in [0.3, 0.4) is 0 Å². The maximum atomic E-state index is 13.3. The molecule has 0 saturated heterocycles. The summed E-state index contributed by atoms with van der Waals surface area (Å²) < 4.78 is 68.7. The molecule has 12 heteroatoms. The third kappa shape index (κ3) is 4.65. The van der Waals surface area contributed by atoms with Crippen LogP contribution in [0.25, 0.3) is 11.3 Å². The third-order valence-corrected chi connectivity index (χ3v) is 5.40. The number of sulfonamides is 1. The molecular formula is C18H19F3N4O4S. The molecule has 0 unspecified atom stereocenters. The van der Waals surface area contributed by atoms with Crippen LogP contribution in [0, 0.1) is 0 Å². The maximum Gasteiger partial charge on any atom is 0.435 e. The van der Waals surface area contributed by atoms with E-state index in [1.54, 1.807) is 13.0 Å². The first-order valence-corrected chi connectivity index (χ1v) is 10.5. The molecule has 1 aliphatic heterocycles. The van der Waals surface area contributed by atoms with Gasteiger partial charge in [0.15, 0.2) is 5.69 Å². The van der Waals surface area contributed by atoms with Crippen molar-refractivity contribution in [2.24, 2.45) is 5.14 Å². The maximum absolute atomic E-state index is 13.3. The molecule has 162 valence electrons. The van der Waals surface area contributed by atoms with E-state index < -0.39 is 28.0 Å². The van der Waals surface area contributed by atoms with E-state index in [0.717, 1.165) is 10.7 Å². The number of alkyl halides is 3. The van der Waals surface area contributed by atoms with Crippen molar-refractivity contribution < 1.29 is 31.1 Å². The Kier molecular flexibility index (Phi) is 5.90. The van der Waals surface area contributed by atoms with Gasteiger partial charge in [-0.05, 0) is 49.2 Å². The number of hydrogen-bond acceptors (Lipinski definition) is 5. The summed E-state index contributed by atoms with van der Waals surface area (Å²) in [5.74, 6) is 0. The quantitative estimate of drug-likeness (QED) is 0.780. The molecule has 2 N–H and O–H groups in total. The number of amides is 1. The lowest BCUT2D eigenvalue weighted by Gasteiger charge is -2.25. The summed E-state index contributed by atoms with van der Waals surface area (Å²) in [6.45, 7) is 2.37. The number of ether oxygens (including phenoxy) is 1. The summed E-state index contributed by atoms with van der Waals surface area (Å²) in [5, 5.41) is 8.73. The van der Waals surface area contributed by atoms with Crippen molar-refractivity contribution in [2.45, 2.75) is 24.4 Å². The van der Waals surface area contributed by atoms with E-state index in [1.165, 1.54) is 29.2 Å². The average molecular weight is 444 g/mol. The lowest BCUT2D eigenvalue weighted by atomic mass is 10.0. The number of hydrogen-bond donors (Lipinski definition) is 1. The number of aromatic nitrogens is 2. The van der Waals surface area contributed by atoms with Gasteiger partial charge >= 0.3 is 12.3 Å². The molecule has 30 heavy (non-hydrogen) atoms. The van der Waals surface area contributed by atoms with Crippen LogP contribution in [0.4, 0.5) is 18.0 Å². The molecule has 1 amide bonds. The minimum atomic E-state index is -4.66. The van der Waals surface area contributed by atoms with Gasteiger partial charge in [0.25, 0.3) is 0 Å². The molecular weight excluding hydrogens is 425 g/mol. The fraction of sp³-hybridized carbons (Fsp3) is 0.333. The topological polar surface area (TPSA) is 108 Å². The molecule has 1 aromatic heterocycles. The highest BCUT2D eigenvalue weighted by Crippen LogP contribution is 2.33. The van der Waals surface area contributed by atoms with Gasteiger partial charge in [-0.3, -0.25) is 0 Å². The second kappa shape index (κ2) is 8.11. The van der Waals surface area contributed by atoms with E-state index in [0.29, 0.717) is 12.0 Å². The Balaban J connectivity index is 1.99. The van der Waals surface area contributed by atoms with E-state index in [-0.39, 0.29) is 36.0 Å². The SMILES string of the molecule is CCOC(=O)N1CC=C(c2cc(C(F)(F)F)nn2-c2ccc(S(N)(=O)=O)cc2)CC1. The summed E-state index contributed by atoms with van der Waals surface area (Å²) in [4.78, 5) is 13.1. The Labute approximate surface area is 170 Å². The van der Waals surface area contributed by atoms with Crippen LogP contribution in [-0.2, 0) is 20.9 Å². The second-order valence-corrected chi connectivity index (χ2v) is 8.05. The standard InChI is InChI=1S/C18H19F3N4O4S/c1-2-29-17(26)24-9-7-12(8-10-24)15-11-16(18(19,20)21)23-25(15)13-3-5-14(6-4-13)30(22,27)28/h3-7,11H,2,8-10H2,1H3,(H2,22,27,28).